The van der Waals surface area contributed by atoms with Gasteiger partial charge in [0.2, 0.25) is 0 Å². The van der Waals surface area contributed by atoms with E-state index in [4.69, 9.17) is 0 Å². The van der Waals surface area contributed by atoms with Gasteiger partial charge in [-0.2, -0.15) is 0 Å². The number of fused-ring (bicyclic) bond motifs is 4. The second kappa shape index (κ2) is 9.49. The van der Waals surface area contributed by atoms with E-state index in [1.54, 1.807) is 33.4 Å². The van der Waals surface area contributed by atoms with E-state index >= 15 is 0 Å². The number of allylic oxidation sites excluding steroid dienone is 2. The third kappa shape index (κ3) is 4.72. The summed E-state index contributed by atoms with van der Waals surface area (Å²) in [6.07, 6.45) is 15.2. The van der Waals surface area contributed by atoms with E-state index in [0.717, 1.165) is 0 Å². The van der Waals surface area contributed by atoms with Crippen LogP contribution in [0, 0.1) is 0 Å². The molecule has 2 unspecified atom stereocenters. The molecule has 0 saturated carbocycles. The zero-order chi connectivity index (χ0) is 25.0. The normalized spacial score (nSPS) is 26.1. The van der Waals surface area contributed by atoms with Gasteiger partial charge >= 0.3 is 226 Å². The predicted molar refractivity (Wildman–Crippen MR) is 147 cm³/mol. The van der Waals surface area contributed by atoms with Crippen LogP contribution >= 0.6 is 0 Å². The first-order chi connectivity index (χ1) is 16.3. The summed E-state index contributed by atoms with van der Waals surface area (Å²) in [5.41, 5.74) is 13.9. The summed E-state index contributed by atoms with van der Waals surface area (Å²) in [5, 5.41) is 0. The van der Waals surface area contributed by atoms with Gasteiger partial charge in [-0.15, -0.1) is 0 Å². The molecule has 0 bridgehead atoms. The number of hydrogen-bond acceptors (Lipinski definition) is 0. The van der Waals surface area contributed by atoms with Crippen LogP contribution in [0.15, 0.2) is 36.4 Å². The average molecular weight is 613 g/mol. The second-order valence-electron chi connectivity index (χ2n) is 14.4. The quantitative estimate of drug-likeness (QED) is 0.489. The van der Waals surface area contributed by atoms with Crippen molar-refractivity contribution >= 4 is 12.2 Å². The zero-order valence-corrected chi connectivity index (χ0v) is 27.8. The van der Waals surface area contributed by atoms with E-state index in [1.807, 2.05) is 0 Å². The summed E-state index contributed by atoms with van der Waals surface area (Å²) in [7, 11) is 0. The smallest absolute Gasteiger partial charge is 1.00 e. The van der Waals surface area contributed by atoms with E-state index in [1.165, 1.54) is 36.8 Å². The molecule has 0 aromatic heterocycles. The van der Waals surface area contributed by atoms with Gasteiger partial charge in [-0.05, 0) is 0 Å². The Morgan fingerprint density at radius 3 is 1.14 bits per heavy atom. The van der Waals surface area contributed by atoms with Crippen LogP contribution in [-0.4, -0.2) is 0 Å². The van der Waals surface area contributed by atoms with Crippen molar-refractivity contribution in [2.75, 3.05) is 0 Å². The van der Waals surface area contributed by atoms with Gasteiger partial charge in [0.05, 0.1) is 0 Å². The molecular weight excluding hydrogens is 571 g/mol. The van der Waals surface area contributed by atoms with E-state index in [9.17, 15) is 0 Å². The Balaban J connectivity index is 0.00000160. The summed E-state index contributed by atoms with van der Waals surface area (Å²) < 4.78 is 1.36. The van der Waals surface area contributed by atoms with Crippen LogP contribution in [0.4, 0.5) is 0 Å². The molecule has 0 heterocycles. The molecule has 0 saturated heterocycles. The topological polar surface area (TPSA) is 0 Å². The molecule has 196 valence electrons. The van der Waals surface area contributed by atoms with E-state index in [-0.39, 0.29) is 35.6 Å². The van der Waals surface area contributed by atoms with Gasteiger partial charge < -0.3 is 24.8 Å². The van der Waals surface area contributed by atoms with Gasteiger partial charge in [0.1, 0.15) is 0 Å². The van der Waals surface area contributed by atoms with Crippen LogP contribution in [-0.2, 0) is 44.9 Å². The maximum atomic E-state index is 2.65. The van der Waals surface area contributed by atoms with Crippen molar-refractivity contribution in [3.63, 3.8) is 0 Å². The van der Waals surface area contributed by atoms with Crippen LogP contribution < -0.4 is 24.8 Å². The minimum Gasteiger partial charge on any atom is -1.00 e. The van der Waals surface area contributed by atoms with Gasteiger partial charge in [-0.1, -0.05) is 0 Å². The first-order valence-corrected chi connectivity index (χ1v) is 16.6. The zero-order valence-electron chi connectivity index (χ0n) is 23.9. The molecule has 0 amide bonds. The Morgan fingerprint density at radius 1 is 0.514 bits per heavy atom. The molecule has 0 aliphatic heterocycles. The van der Waals surface area contributed by atoms with Crippen molar-refractivity contribution in [1.82, 2.24) is 0 Å². The van der Waals surface area contributed by atoms with E-state index in [2.05, 4.69) is 104 Å². The third-order valence-electron chi connectivity index (χ3n) is 10.1. The Labute approximate surface area is 249 Å². The Hall–Kier alpha value is -0.617. The van der Waals surface area contributed by atoms with Crippen molar-refractivity contribution in [2.24, 2.45) is 0 Å². The summed E-state index contributed by atoms with van der Waals surface area (Å²) in [6, 6.07) is 10.4. The maximum Gasteiger partial charge on any atom is -1.00 e. The molecule has 2 aromatic carbocycles. The van der Waals surface area contributed by atoms with Gasteiger partial charge in [0, 0.05) is 0 Å². The monoisotopic (exact) mass is 610 g/mol. The molecule has 4 aliphatic rings. The van der Waals surface area contributed by atoms with Crippen molar-refractivity contribution < 1.29 is 48.0 Å². The van der Waals surface area contributed by atoms with Crippen molar-refractivity contribution in [3.05, 3.63) is 80.9 Å². The molecule has 2 atom stereocenters. The molecule has 6 rings (SSSR count). The van der Waals surface area contributed by atoms with Crippen LogP contribution in [0.1, 0.15) is 133 Å². The number of benzene rings is 2. The van der Waals surface area contributed by atoms with Crippen LogP contribution in [0.3, 0.4) is 0 Å². The predicted octanol–water partition coefficient (Wildman–Crippen LogP) is 3.31. The Bertz CT molecular complexity index is 1190. The molecule has 2 aromatic rings. The van der Waals surface area contributed by atoms with E-state index in [0.29, 0.717) is 18.1 Å². The summed E-state index contributed by atoms with van der Waals surface area (Å²) in [5.74, 6) is 0. The van der Waals surface area contributed by atoms with Crippen LogP contribution in [0.5, 0.6) is 0 Å². The molecule has 0 fully saturated rings. The summed E-state index contributed by atoms with van der Waals surface area (Å²) in [6.45, 7) is 19.7. The fourth-order valence-electron chi connectivity index (χ4n) is 7.21. The van der Waals surface area contributed by atoms with Gasteiger partial charge in [-0.3, -0.25) is 0 Å². The van der Waals surface area contributed by atoms with Crippen molar-refractivity contribution in [3.8, 4) is 0 Å². The number of rotatable bonds is 2. The van der Waals surface area contributed by atoms with Gasteiger partial charge in [0.25, 0.3) is 0 Å². The van der Waals surface area contributed by atoms with Gasteiger partial charge in [0.15, 0.2) is 0 Å². The van der Waals surface area contributed by atoms with Gasteiger partial charge in [-0.25, -0.2) is 0 Å². The van der Waals surface area contributed by atoms with Crippen molar-refractivity contribution in [2.45, 2.75) is 110 Å². The molecule has 0 nitrogen and oxygen atoms in total. The number of hydrogen-bond donors (Lipinski definition) is 0. The SMILES string of the molecule is CC1(C)CCC(C)(C)c2cc3c(cc21)C=C[CH]3[Zr+2][CH]1C=Cc2cc3c(cc21)C(C)(C)CCC3(C)C.[Cl-].[Cl-]. The van der Waals surface area contributed by atoms with Crippen molar-refractivity contribution in [1.29, 1.82) is 0 Å². The first-order valence-electron chi connectivity index (χ1n) is 13.8. The second-order valence-corrected chi connectivity index (χ2v) is 18.3. The molecule has 0 spiro atoms. The van der Waals surface area contributed by atoms with E-state index < -0.39 is 23.2 Å². The largest absolute Gasteiger partial charge is 1.00 e. The minimum absolute atomic E-state index is 0. The average Bonchev–Trinajstić information content (AvgIpc) is 3.37. The molecule has 4 aliphatic carbocycles. The molecule has 37 heavy (non-hydrogen) atoms. The third-order valence-corrected chi connectivity index (χ3v) is 14.3. The molecule has 0 radical (unpaired) electrons. The fourth-order valence-corrected chi connectivity index (χ4v) is 11.3. The first kappa shape index (κ1) is 29.4. The Kier molecular flexibility index (Phi) is 7.53. The minimum atomic E-state index is -0.758. The molecule has 3 heteroatoms. The number of halogens is 2. The van der Waals surface area contributed by atoms with Crippen LogP contribution in [0.25, 0.3) is 12.2 Å². The fraction of sp³-hybridized carbons (Fsp3) is 0.529. The maximum absolute atomic E-state index is 2.65. The van der Waals surface area contributed by atoms with Crippen LogP contribution in [0.2, 0.25) is 0 Å². The standard InChI is InChI=1S/2C17H21.2ClH.Zr/c2*1-16(2)8-9-17(3,4)15-11-13-7-5-6-12(13)10-14(15)16;;;/h2*5-7,10-11H,8-9H2,1-4H3;2*1H;/q;;;;+2/p-2. The molecule has 0 N–H and O–H groups in total. The Morgan fingerprint density at radius 2 is 0.811 bits per heavy atom. The summed E-state index contributed by atoms with van der Waals surface area (Å²) >= 11 is -0.758. The molecular formula is C34H42Cl2Zr. The summed E-state index contributed by atoms with van der Waals surface area (Å²) in [4.78, 5) is 0.